The van der Waals surface area contributed by atoms with E-state index in [9.17, 15) is 0 Å². The molecule has 0 atom stereocenters. The zero-order chi connectivity index (χ0) is 12.3. The number of nitrogens with zero attached hydrogens (tertiary/aromatic N) is 4. The molecular weight excluding hydrogens is 214 g/mol. The quantitative estimate of drug-likeness (QED) is 0.843. The molecule has 0 saturated heterocycles. The molecule has 0 aliphatic carbocycles. The fourth-order valence-corrected chi connectivity index (χ4v) is 1.90. The first-order chi connectivity index (χ1) is 8.24. The molecule has 0 aliphatic rings. The van der Waals surface area contributed by atoms with Crippen LogP contribution in [-0.2, 0) is 19.6 Å². The van der Waals surface area contributed by atoms with E-state index in [-0.39, 0.29) is 0 Å². The number of imidazole rings is 1. The Morgan fingerprint density at radius 2 is 2.18 bits per heavy atom. The summed E-state index contributed by atoms with van der Waals surface area (Å²) >= 11 is 0. The molecule has 17 heavy (non-hydrogen) atoms. The summed E-state index contributed by atoms with van der Waals surface area (Å²) in [4.78, 5) is 4.35. The van der Waals surface area contributed by atoms with Crippen LogP contribution in [0.4, 0.5) is 0 Å². The summed E-state index contributed by atoms with van der Waals surface area (Å²) in [6, 6.07) is 0. The monoisotopic (exact) mass is 233 g/mol. The SMILES string of the molecule is CCn1cc(Cn2c(CNC)cnc2C)cn1. The van der Waals surface area contributed by atoms with Crippen LogP contribution in [0.25, 0.3) is 0 Å². The highest BCUT2D eigenvalue weighted by Gasteiger charge is 2.07. The molecule has 0 spiro atoms. The van der Waals surface area contributed by atoms with Crippen LogP contribution in [0.3, 0.4) is 0 Å². The predicted molar refractivity (Wildman–Crippen MR) is 66.7 cm³/mol. The molecule has 2 rings (SSSR count). The standard InChI is InChI=1S/C12H19N5/c1-4-16-8-11(5-15-16)9-17-10(2)14-7-12(17)6-13-3/h5,7-8,13H,4,6,9H2,1-3H3. The molecule has 0 radical (unpaired) electrons. The second kappa shape index (κ2) is 5.14. The van der Waals surface area contributed by atoms with E-state index in [1.807, 2.05) is 31.0 Å². The number of hydrogen-bond acceptors (Lipinski definition) is 3. The van der Waals surface area contributed by atoms with E-state index in [1.165, 1.54) is 11.3 Å². The van der Waals surface area contributed by atoms with Crippen molar-refractivity contribution in [3.8, 4) is 0 Å². The maximum absolute atomic E-state index is 4.35. The number of hydrogen-bond donors (Lipinski definition) is 1. The molecule has 0 saturated carbocycles. The van der Waals surface area contributed by atoms with Crippen LogP contribution in [0.15, 0.2) is 18.6 Å². The van der Waals surface area contributed by atoms with Gasteiger partial charge in [0, 0.05) is 31.0 Å². The van der Waals surface area contributed by atoms with Gasteiger partial charge >= 0.3 is 0 Å². The van der Waals surface area contributed by atoms with Crippen LogP contribution in [-0.4, -0.2) is 26.4 Å². The molecule has 92 valence electrons. The highest BCUT2D eigenvalue weighted by Crippen LogP contribution is 2.09. The van der Waals surface area contributed by atoms with Gasteiger partial charge in [0.1, 0.15) is 5.82 Å². The molecule has 1 N–H and O–H groups in total. The Balaban J connectivity index is 2.19. The largest absolute Gasteiger partial charge is 0.326 e. The van der Waals surface area contributed by atoms with Gasteiger partial charge in [-0.3, -0.25) is 4.68 Å². The lowest BCUT2D eigenvalue weighted by Gasteiger charge is -2.08. The Kier molecular flexibility index (Phi) is 3.58. The van der Waals surface area contributed by atoms with Crippen LogP contribution in [0.1, 0.15) is 24.0 Å². The Bertz CT molecular complexity index is 483. The summed E-state index contributed by atoms with van der Waals surface area (Å²) in [6.45, 7) is 6.70. The fourth-order valence-electron chi connectivity index (χ4n) is 1.90. The second-order valence-electron chi connectivity index (χ2n) is 4.12. The molecule has 0 fully saturated rings. The molecule has 2 heterocycles. The molecule has 5 nitrogen and oxygen atoms in total. The van der Waals surface area contributed by atoms with Crippen molar-refractivity contribution in [3.05, 3.63) is 35.7 Å². The van der Waals surface area contributed by atoms with E-state index in [0.717, 1.165) is 25.5 Å². The summed E-state index contributed by atoms with van der Waals surface area (Å²) in [6.07, 6.45) is 5.94. The summed E-state index contributed by atoms with van der Waals surface area (Å²) in [5.41, 5.74) is 2.42. The van der Waals surface area contributed by atoms with Crippen LogP contribution < -0.4 is 5.32 Å². The topological polar surface area (TPSA) is 47.7 Å². The van der Waals surface area contributed by atoms with Gasteiger partial charge in [-0.05, 0) is 20.9 Å². The first-order valence-electron chi connectivity index (χ1n) is 5.91. The van der Waals surface area contributed by atoms with Crippen molar-refractivity contribution in [1.29, 1.82) is 0 Å². The van der Waals surface area contributed by atoms with Crippen molar-refractivity contribution in [1.82, 2.24) is 24.6 Å². The molecule has 0 aliphatic heterocycles. The Labute approximate surface area is 101 Å². The molecule has 2 aromatic heterocycles. The van der Waals surface area contributed by atoms with Crippen molar-refractivity contribution in [2.24, 2.45) is 0 Å². The zero-order valence-electron chi connectivity index (χ0n) is 10.6. The Morgan fingerprint density at radius 1 is 1.35 bits per heavy atom. The minimum atomic E-state index is 0.836. The normalized spacial score (nSPS) is 11.0. The van der Waals surface area contributed by atoms with E-state index < -0.39 is 0 Å². The predicted octanol–water partition coefficient (Wildman–Crippen LogP) is 1.18. The van der Waals surface area contributed by atoms with Crippen LogP contribution in [0.5, 0.6) is 0 Å². The van der Waals surface area contributed by atoms with Crippen molar-refractivity contribution in [2.75, 3.05) is 7.05 Å². The molecule has 5 heteroatoms. The minimum Gasteiger partial charge on any atom is -0.326 e. The average Bonchev–Trinajstić information content (AvgIpc) is 2.91. The second-order valence-corrected chi connectivity index (χ2v) is 4.12. The van der Waals surface area contributed by atoms with E-state index in [4.69, 9.17) is 0 Å². The average molecular weight is 233 g/mol. The van der Waals surface area contributed by atoms with E-state index in [0.29, 0.717) is 0 Å². The number of rotatable bonds is 5. The van der Waals surface area contributed by atoms with Crippen molar-refractivity contribution < 1.29 is 0 Å². The lowest BCUT2D eigenvalue weighted by molar-refractivity contribution is 0.654. The van der Waals surface area contributed by atoms with Gasteiger partial charge < -0.3 is 9.88 Å². The fraction of sp³-hybridized carbons (Fsp3) is 0.500. The van der Waals surface area contributed by atoms with Gasteiger partial charge in [0.05, 0.1) is 18.4 Å². The van der Waals surface area contributed by atoms with Gasteiger partial charge in [-0.2, -0.15) is 5.10 Å². The van der Waals surface area contributed by atoms with Gasteiger partial charge in [0.15, 0.2) is 0 Å². The van der Waals surface area contributed by atoms with E-state index >= 15 is 0 Å². The zero-order valence-corrected chi connectivity index (χ0v) is 10.6. The Hall–Kier alpha value is -1.62. The number of aromatic nitrogens is 4. The lowest BCUT2D eigenvalue weighted by atomic mass is 10.3. The van der Waals surface area contributed by atoms with Gasteiger partial charge in [-0.25, -0.2) is 4.98 Å². The maximum atomic E-state index is 4.35. The third-order valence-electron chi connectivity index (χ3n) is 2.85. The van der Waals surface area contributed by atoms with Crippen LogP contribution in [0, 0.1) is 6.92 Å². The third kappa shape index (κ3) is 2.55. The summed E-state index contributed by atoms with van der Waals surface area (Å²) in [5.74, 6) is 1.04. The summed E-state index contributed by atoms with van der Waals surface area (Å²) in [7, 11) is 1.95. The molecule has 0 amide bonds. The molecule has 0 bridgehead atoms. The maximum Gasteiger partial charge on any atom is 0.106 e. The molecule has 0 unspecified atom stereocenters. The summed E-state index contributed by atoms with van der Waals surface area (Å²) < 4.78 is 4.16. The first-order valence-corrected chi connectivity index (χ1v) is 5.91. The Morgan fingerprint density at radius 3 is 2.82 bits per heavy atom. The number of nitrogens with one attached hydrogen (secondary N) is 1. The van der Waals surface area contributed by atoms with Gasteiger partial charge in [0.25, 0.3) is 0 Å². The van der Waals surface area contributed by atoms with E-state index in [1.54, 1.807) is 0 Å². The van der Waals surface area contributed by atoms with Crippen molar-refractivity contribution >= 4 is 0 Å². The molecular formula is C12H19N5. The number of aryl methyl sites for hydroxylation is 2. The molecule has 2 aromatic rings. The summed E-state index contributed by atoms with van der Waals surface area (Å²) in [5, 5.41) is 7.45. The lowest BCUT2D eigenvalue weighted by Crippen LogP contribution is -2.12. The minimum absolute atomic E-state index is 0.836. The van der Waals surface area contributed by atoms with Crippen LogP contribution in [0.2, 0.25) is 0 Å². The third-order valence-corrected chi connectivity index (χ3v) is 2.85. The van der Waals surface area contributed by atoms with E-state index in [2.05, 4.69) is 33.1 Å². The van der Waals surface area contributed by atoms with Gasteiger partial charge in [-0.1, -0.05) is 0 Å². The molecule has 0 aromatic carbocycles. The smallest absolute Gasteiger partial charge is 0.106 e. The first kappa shape index (κ1) is 11.9. The highest BCUT2D eigenvalue weighted by atomic mass is 15.3. The van der Waals surface area contributed by atoms with Crippen molar-refractivity contribution in [2.45, 2.75) is 33.5 Å². The van der Waals surface area contributed by atoms with Crippen molar-refractivity contribution in [3.63, 3.8) is 0 Å². The van der Waals surface area contributed by atoms with Gasteiger partial charge in [0.2, 0.25) is 0 Å². The van der Waals surface area contributed by atoms with Crippen LogP contribution >= 0.6 is 0 Å². The van der Waals surface area contributed by atoms with Gasteiger partial charge in [-0.15, -0.1) is 0 Å². The highest BCUT2D eigenvalue weighted by molar-refractivity contribution is 5.11.